The topological polar surface area (TPSA) is 218 Å². The highest BCUT2D eigenvalue weighted by Gasteiger charge is 2.52. The summed E-state index contributed by atoms with van der Waals surface area (Å²) in [6.45, 7) is 0. The zero-order valence-electron chi connectivity index (χ0n) is 22.9. The van der Waals surface area contributed by atoms with Crippen LogP contribution in [0.4, 0.5) is 15.9 Å². The summed E-state index contributed by atoms with van der Waals surface area (Å²) in [5.41, 5.74) is 13.4. The predicted molar refractivity (Wildman–Crippen MR) is 156 cm³/mol. The van der Waals surface area contributed by atoms with E-state index in [0.29, 0.717) is 16.9 Å². The van der Waals surface area contributed by atoms with Crippen LogP contribution in [0.1, 0.15) is 25.3 Å². The molecule has 0 bridgehead atoms. The van der Waals surface area contributed by atoms with E-state index in [1.54, 1.807) is 6.07 Å². The number of nitrogens with zero attached hydrogens (tertiary/aromatic N) is 7. The molecular weight excluding hydrogens is 617 g/mol. The van der Waals surface area contributed by atoms with Crippen LogP contribution >= 0.6 is 14.5 Å². The number of fused-ring (bicyclic) bond motifs is 4. The minimum Gasteiger partial charge on any atom is -0.397 e. The molecule has 228 valence electrons. The third-order valence-electron chi connectivity index (χ3n) is 8.05. The van der Waals surface area contributed by atoms with E-state index in [1.807, 2.05) is 0 Å². The van der Waals surface area contributed by atoms with Crippen molar-refractivity contribution in [1.82, 2.24) is 34.1 Å². The van der Waals surface area contributed by atoms with Crippen LogP contribution in [0.15, 0.2) is 31.2 Å². The van der Waals surface area contributed by atoms with Crippen molar-refractivity contribution in [2.24, 2.45) is 0 Å². The van der Waals surface area contributed by atoms with Gasteiger partial charge in [0.15, 0.2) is 35.7 Å². The number of alkyl halides is 1. The molecule has 7 rings (SSSR count). The van der Waals surface area contributed by atoms with E-state index < -0.39 is 63.6 Å². The molecular formula is C23H26B2FN9O7P2. The van der Waals surface area contributed by atoms with Crippen molar-refractivity contribution in [3.05, 3.63) is 31.2 Å². The highest BCUT2D eigenvalue weighted by atomic mass is 31.2. The summed E-state index contributed by atoms with van der Waals surface area (Å²) in [7, 11) is 4.33. The summed E-state index contributed by atoms with van der Waals surface area (Å²) in [6.07, 6.45) is -5.76. The number of imidazole rings is 2. The highest BCUT2D eigenvalue weighted by Crippen LogP contribution is 2.54. The standard InChI is InChI=1S/C23H26B2FN9O7P2/c24-43(37)6-3-12-18(16(36)23(40-12)35-8-32-14-10(27)1-4-29-20(14)35)42-44(25,38)5-2-11-17(41-43)13(26)22(39-11)34-9-33-15-19(28)30-7-31-21(15)34/h1,4,7-9,11-13,16-18,22-23,36H,2-3,5-6H2,(H2,27,29)(H2,28,30,31)/t11-,12-,13?,16+,17+,18?,22-,23-,43?,44?/m1/s1. The average molecular weight is 643 g/mol. The van der Waals surface area contributed by atoms with Gasteiger partial charge in [0.05, 0.1) is 30.5 Å². The molecule has 3 aliphatic heterocycles. The molecule has 16 nitrogen and oxygen atoms in total. The van der Waals surface area contributed by atoms with E-state index in [0.717, 1.165) is 0 Å². The summed E-state index contributed by atoms with van der Waals surface area (Å²) in [5, 5.41) is 11.3. The molecule has 0 aromatic carbocycles. The Bertz CT molecular complexity index is 1700. The van der Waals surface area contributed by atoms with Crippen LogP contribution in [0.25, 0.3) is 22.3 Å². The number of hydrogen-bond donors (Lipinski definition) is 3. The van der Waals surface area contributed by atoms with Gasteiger partial charge in [-0.05, 0) is 18.9 Å². The molecule has 44 heavy (non-hydrogen) atoms. The van der Waals surface area contributed by atoms with Crippen LogP contribution in [0.5, 0.6) is 0 Å². The Morgan fingerprint density at radius 1 is 0.864 bits per heavy atom. The lowest BCUT2D eigenvalue weighted by atomic mass is 10.1. The van der Waals surface area contributed by atoms with Crippen molar-refractivity contribution >= 4 is 63.5 Å². The zero-order valence-corrected chi connectivity index (χ0v) is 24.7. The lowest BCUT2D eigenvalue weighted by molar-refractivity contribution is -0.0356. The number of aliphatic hydroxyl groups excluding tert-OH is 1. The van der Waals surface area contributed by atoms with Gasteiger partial charge < -0.3 is 44.2 Å². The molecule has 5 N–H and O–H groups in total. The van der Waals surface area contributed by atoms with E-state index in [1.165, 1.54) is 34.3 Å². The van der Waals surface area contributed by atoms with Gasteiger partial charge in [0, 0.05) is 18.5 Å². The van der Waals surface area contributed by atoms with Gasteiger partial charge in [-0.25, -0.2) is 29.3 Å². The lowest BCUT2D eigenvalue weighted by Gasteiger charge is -2.30. The largest absolute Gasteiger partial charge is 0.397 e. The van der Waals surface area contributed by atoms with E-state index in [9.17, 15) is 14.2 Å². The smallest absolute Gasteiger partial charge is 0.202 e. The number of rotatable bonds is 2. The van der Waals surface area contributed by atoms with Crippen LogP contribution in [0.3, 0.4) is 0 Å². The maximum Gasteiger partial charge on any atom is 0.202 e. The minimum absolute atomic E-state index is 0.0742. The van der Waals surface area contributed by atoms with Crippen molar-refractivity contribution < 1.29 is 37.1 Å². The number of nitrogens with two attached hydrogens (primary N) is 2. The van der Waals surface area contributed by atoms with Gasteiger partial charge in [0.25, 0.3) is 0 Å². The Labute approximate surface area is 251 Å². The van der Waals surface area contributed by atoms with Crippen molar-refractivity contribution in [2.45, 2.75) is 62.0 Å². The van der Waals surface area contributed by atoms with Gasteiger partial charge in [-0.3, -0.25) is 9.13 Å². The number of nitrogen functional groups attached to an aromatic ring is 2. The number of anilines is 2. The Balaban J connectivity index is 1.17. The second-order valence-electron chi connectivity index (χ2n) is 11.0. The molecule has 0 aliphatic carbocycles. The molecule has 3 aliphatic rings. The van der Waals surface area contributed by atoms with E-state index in [2.05, 4.69) is 24.9 Å². The molecule has 0 spiro atoms. The SMILES string of the molecule is [B]P1(=O)CC[C@H]2O[C@@H](n3cnc4c(N)ncnc43)C(F)[C@H]2OP([B])(=O)CC[C@H]2O[C@@H](n3cnc4c(N)ccnc43)[C@@H](O)C2O1. The van der Waals surface area contributed by atoms with Crippen molar-refractivity contribution in [3.63, 3.8) is 0 Å². The monoisotopic (exact) mass is 643 g/mol. The quantitative estimate of drug-likeness (QED) is 0.207. The third-order valence-corrected chi connectivity index (χ3v) is 11.0. The number of halogens is 1. The van der Waals surface area contributed by atoms with E-state index in [-0.39, 0.29) is 42.1 Å². The second kappa shape index (κ2) is 10.9. The van der Waals surface area contributed by atoms with Crippen LogP contribution in [-0.2, 0) is 27.7 Å². The summed E-state index contributed by atoms with van der Waals surface area (Å²) >= 11 is 0. The zero-order chi connectivity index (χ0) is 31.0. The number of aliphatic hydroxyl groups is 1. The van der Waals surface area contributed by atoms with Crippen LogP contribution in [-0.4, -0.2) is 103 Å². The number of pyridine rings is 1. The first-order chi connectivity index (χ1) is 20.9. The normalized spacial score (nSPS) is 38.2. The fourth-order valence-electron chi connectivity index (χ4n) is 5.92. The molecule has 3 saturated heterocycles. The van der Waals surface area contributed by atoms with Gasteiger partial charge in [-0.1, -0.05) is 0 Å². The first-order valence-corrected chi connectivity index (χ1v) is 17.4. The molecule has 4 unspecified atom stereocenters. The molecule has 0 amide bonds. The molecule has 4 radical (unpaired) electrons. The molecule has 21 heteroatoms. The highest BCUT2D eigenvalue weighted by molar-refractivity contribution is 7.83. The van der Waals surface area contributed by atoms with Crippen molar-refractivity contribution in [2.75, 3.05) is 23.8 Å². The molecule has 4 aromatic heterocycles. The Morgan fingerprint density at radius 2 is 1.45 bits per heavy atom. The van der Waals surface area contributed by atoms with Crippen molar-refractivity contribution in [3.8, 4) is 0 Å². The first kappa shape index (κ1) is 29.8. The minimum atomic E-state index is -3.99. The van der Waals surface area contributed by atoms with E-state index >= 15 is 4.39 Å². The molecule has 4 aromatic rings. The fraction of sp³-hybridized carbons (Fsp3) is 0.522. The number of ether oxygens (including phenoxy) is 2. The van der Waals surface area contributed by atoms with Gasteiger partial charge in [0.1, 0.15) is 50.2 Å². The first-order valence-electron chi connectivity index (χ1n) is 13.7. The van der Waals surface area contributed by atoms with E-state index in [4.69, 9.17) is 45.1 Å². The average Bonchev–Trinajstić information content (AvgIpc) is 3.73. The van der Waals surface area contributed by atoms with Crippen LogP contribution in [0, 0.1) is 0 Å². The Kier molecular flexibility index (Phi) is 7.35. The Morgan fingerprint density at radius 3 is 2.18 bits per heavy atom. The predicted octanol–water partition coefficient (Wildman–Crippen LogP) is 1.22. The van der Waals surface area contributed by atoms with Gasteiger partial charge in [0.2, 0.25) is 15.1 Å². The maximum atomic E-state index is 16.0. The maximum absolute atomic E-state index is 16.0. The number of hydrogen-bond acceptors (Lipinski definition) is 14. The van der Waals surface area contributed by atoms with Crippen LogP contribution in [0.2, 0.25) is 0 Å². The molecule has 3 fully saturated rings. The van der Waals surface area contributed by atoms with Gasteiger partial charge in [-0.15, -0.1) is 0 Å². The fourth-order valence-corrected chi connectivity index (χ4v) is 8.69. The Hall–Kier alpha value is -2.91. The molecule has 0 saturated carbocycles. The molecule has 10 atom stereocenters. The van der Waals surface area contributed by atoms with Gasteiger partial charge in [-0.2, -0.15) is 0 Å². The third kappa shape index (κ3) is 5.14. The summed E-state index contributed by atoms with van der Waals surface area (Å²) in [6, 6.07) is 1.58. The summed E-state index contributed by atoms with van der Waals surface area (Å²) in [4.78, 5) is 20.7. The summed E-state index contributed by atoms with van der Waals surface area (Å²) in [5.74, 6) is 0.0939. The van der Waals surface area contributed by atoms with Crippen molar-refractivity contribution in [1.29, 1.82) is 0 Å². The lowest BCUT2D eigenvalue weighted by Crippen LogP contribution is -2.36. The second-order valence-corrected chi connectivity index (χ2v) is 15.2. The summed E-state index contributed by atoms with van der Waals surface area (Å²) < 4.78 is 69.6. The van der Waals surface area contributed by atoms with Gasteiger partial charge >= 0.3 is 0 Å². The number of aromatic nitrogens is 7. The molecule has 7 heterocycles. The van der Waals surface area contributed by atoms with Crippen LogP contribution < -0.4 is 11.5 Å².